The van der Waals surface area contributed by atoms with Crippen molar-refractivity contribution < 1.29 is 9.53 Å². The fourth-order valence-corrected chi connectivity index (χ4v) is 2.30. The van der Waals surface area contributed by atoms with Crippen LogP contribution in [0.25, 0.3) is 0 Å². The number of carbonyl (C=O) groups is 1. The number of hydrogen-bond donors (Lipinski definition) is 1. The molecule has 16 heavy (non-hydrogen) atoms. The van der Waals surface area contributed by atoms with Gasteiger partial charge in [-0.05, 0) is 6.42 Å². The van der Waals surface area contributed by atoms with E-state index in [1.807, 2.05) is 9.80 Å². The van der Waals surface area contributed by atoms with Crippen LogP contribution in [-0.4, -0.2) is 67.8 Å². The van der Waals surface area contributed by atoms with Gasteiger partial charge in [0.2, 0.25) is 0 Å². The Balaban J connectivity index is 1.76. The molecule has 5 nitrogen and oxygen atoms in total. The molecule has 0 radical (unpaired) electrons. The van der Waals surface area contributed by atoms with Gasteiger partial charge < -0.3 is 19.9 Å². The molecule has 92 valence electrons. The first-order chi connectivity index (χ1) is 7.83. The molecule has 2 aliphatic rings. The average Bonchev–Trinajstić information content (AvgIpc) is 2.63. The molecule has 1 N–H and O–H groups in total. The number of fused-ring (bicyclic) bond motifs is 1. The topological polar surface area (TPSA) is 44.8 Å². The van der Waals surface area contributed by atoms with E-state index in [4.69, 9.17) is 4.74 Å². The Labute approximate surface area is 96.7 Å². The summed E-state index contributed by atoms with van der Waals surface area (Å²) in [5.74, 6) is 0. The predicted molar refractivity (Wildman–Crippen MR) is 61.4 cm³/mol. The van der Waals surface area contributed by atoms with Crippen molar-refractivity contribution in [3.63, 3.8) is 0 Å². The van der Waals surface area contributed by atoms with E-state index >= 15 is 0 Å². The molecule has 2 fully saturated rings. The fraction of sp³-hybridized carbons (Fsp3) is 0.909. The lowest BCUT2D eigenvalue weighted by molar-refractivity contribution is 0.114. The second kappa shape index (κ2) is 5.50. The predicted octanol–water partition coefficient (Wildman–Crippen LogP) is 0.122. The number of urea groups is 1. The molecule has 0 bridgehead atoms. The van der Waals surface area contributed by atoms with Crippen molar-refractivity contribution in [1.82, 2.24) is 15.1 Å². The maximum absolute atomic E-state index is 12.0. The van der Waals surface area contributed by atoms with Crippen LogP contribution in [0.15, 0.2) is 0 Å². The normalized spacial score (nSPS) is 25.1. The minimum Gasteiger partial charge on any atom is -0.380 e. The highest BCUT2D eigenvalue weighted by molar-refractivity contribution is 5.77. The molecule has 2 saturated heterocycles. The van der Waals surface area contributed by atoms with E-state index in [0.29, 0.717) is 12.6 Å². The minimum atomic E-state index is 0.187. The third kappa shape index (κ3) is 2.47. The van der Waals surface area contributed by atoms with E-state index in [1.54, 1.807) is 0 Å². The van der Waals surface area contributed by atoms with E-state index in [9.17, 15) is 4.79 Å². The Kier molecular flexibility index (Phi) is 4.01. The zero-order chi connectivity index (χ0) is 11.4. The van der Waals surface area contributed by atoms with Crippen LogP contribution < -0.4 is 5.32 Å². The van der Waals surface area contributed by atoms with Crippen molar-refractivity contribution in [2.45, 2.75) is 19.4 Å². The fourth-order valence-electron chi connectivity index (χ4n) is 2.30. The molecule has 0 aliphatic carbocycles. The van der Waals surface area contributed by atoms with E-state index in [-0.39, 0.29) is 6.03 Å². The molecule has 0 saturated carbocycles. The number of nitrogens with zero attached hydrogens (tertiary/aromatic N) is 2. The van der Waals surface area contributed by atoms with Crippen molar-refractivity contribution in [3.8, 4) is 0 Å². The Morgan fingerprint density at radius 2 is 2.38 bits per heavy atom. The van der Waals surface area contributed by atoms with Gasteiger partial charge in [-0.25, -0.2) is 4.79 Å². The number of carbonyl (C=O) groups excluding carboxylic acids is 1. The van der Waals surface area contributed by atoms with Gasteiger partial charge in [0.25, 0.3) is 0 Å². The van der Waals surface area contributed by atoms with Gasteiger partial charge in [-0.15, -0.1) is 0 Å². The number of rotatable bonds is 5. The molecule has 5 heteroatoms. The van der Waals surface area contributed by atoms with Gasteiger partial charge >= 0.3 is 6.03 Å². The van der Waals surface area contributed by atoms with Crippen LogP contribution in [-0.2, 0) is 4.74 Å². The van der Waals surface area contributed by atoms with Crippen LogP contribution in [0.4, 0.5) is 4.79 Å². The zero-order valence-corrected chi connectivity index (χ0v) is 9.95. The number of piperazine rings is 1. The van der Waals surface area contributed by atoms with E-state index < -0.39 is 0 Å². The molecule has 0 aromatic heterocycles. The molecule has 2 amide bonds. The van der Waals surface area contributed by atoms with Gasteiger partial charge in [0.1, 0.15) is 0 Å². The largest absolute Gasteiger partial charge is 0.380 e. The summed E-state index contributed by atoms with van der Waals surface area (Å²) in [6.07, 6.45) is 1.03. The van der Waals surface area contributed by atoms with Crippen LogP contribution in [0, 0.1) is 0 Å². The number of hydrogen-bond acceptors (Lipinski definition) is 3. The Hall–Kier alpha value is -0.810. The van der Waals surface area contributed by atoms with E-state index in [2.05, 4.69) is 12.2 Å². The van der Waals surface area contributed by atoms with Crippen LogP contribution in [0.5, 0.6) is 0 Å². The van der Waals surface area contributed by atoms with Gasteiger partial charge in [0.15, 0.2) is 0 Å². The SMILES string of the molecule is CCCOCCN1CC2CNCCN2C1=O. The van der Waals surface area contributed by atoms with Crippen molar-refractivity contribution in [2.75, 3.05) is 45.9 Å². The second-order valence-electron chi connectivity index (χ2n) is 4.39. The molecule has 1 atom stereocenters. The number of ether oxygens (including phenoxy) is 1. The number of nitrogens with one attached hydrogen (secondary N) is 1. The van der Waals surface area contributed by atoms with E-state index in [0.717, 1.165) is 45.8 Å². The standard InChI is InChI=1S/C11H21N3O2/c1-2-6-16-7-5-13-9-10-8-12-3-4-14(10)11(13)15/h10,12H,2-9H2,1H3. The average molecular weight is 227 g/mol. The lowest BCUT2D eigenvalue weighted by Gasteiger charge is -2.28. The third-order valence-electron chi connectivity index (χ3n) is 3.15. The van der Waals surface area contributed by atoms with Crippen molar-refractivity contribution in [2.24, 2.45) is 0 Å². The zero-order valence-electron chi connectivity index (χ0n) is 9.95. The molecule has 0 aromatic rings. The van der Waals surface area contributed by atoms with Gasteiger partial charge in [-0.1, -0.05) is 6.92 Å². The molecule has 2 aliphatic heterocycles. The lowest BCUT2D eigenvalue weighted by Crippen LogP contribution is -2.49. The van der Waals surface area contributed by atoms with Crippen LogP contribution in [0.1, 0.15) is 13.3 Å². The van der Waals surface area contributed by atoms with Crippen LogP contribution >= 0.6 is 0 Å². The smallest absolute Gasteiger partial charge is 0.320 e. The summed E-state index contributed by atoms with van der Waals surface area (Å²) in [5.41, 5.74) is 0. The molecule has 0 spiro atoms. The highest BCUT2D eigenvalue weighted by atomic mass is 16.5. The quantitative estimate of drug-likeness (QED) is 0.679. The molecule has 2 heterocycles. The first-order valence-corrected chi connectivity index (χ1v) is 6.17. The van der Waals surface area contributed by atoms with E-state index in [1.165, 1.54) is 0 Å². The lowest BCUT2D eigenvalue weighted by atomic mass is 10.2. The summed E-state index contributed by atoms with van der Waals surface area (Å²) >= 11 is 0. The third-order valence-corrected chi connectivity index (χ3v) is 3.15. The summed E-state index contributed by atoms with van der Waals surface area (Å²) in [5, 5.41) is 3.32. The summed E-state index contributed by atoms with van der Waals surface area (Å²) in [4.78, 5) is 15.9. The maximum atomic E-state index is 12.0. The Morgan fingerprint density at radius 3 is 3.12 bits per heavy atom. The van der Waals surface area contributed by atoms with Gasteiger partial charge in [0, 0.05) is 39.3 Å². The van der Waals surface area contributed by atoms with Gasteiger partial charge in [-0.2, -0.15) is 0 Å². The summed E-state index contributed by atoms with van der Waals surface area (Å²) in [6.45, 7) is 7.81. The van der Waals surface area contributed by atoms with Gasteiger partial charge in [-0.3, -0.25) is 0 Å². The summed E-state index contributed by atoms with van der Waals surface area (Å²) in [7, 11) is 0. The minimum absolute atomic E-state index is 0.187. The Morgan fingerprint density at radius 1 is 1.50 bits per heavy atom. The summed E-state index contributed by atoms with van der Waals surface area (Å²) < 4.78 is 5.42. The van der Waals surface area contributed by atoms with Crippen molar-refractivity contribution in [3.05, 3.63) is 0 Å². The highest BCUT2D eigenvalue weighted by Gasteiger charge is 2.37. The van der Waals surface area contributed by atoms with Crippen molar-refractivity contribution >= 4 is 6.03 Å². The molecular weight excluding hydrogens is 206 g/mol. The molecule has 0 aromatic carbocycles. The molecular formula is C11H21N3O2. The highest BCUT2D eigenvalue weighted by Crippen LogP contribution is 2.16. The monoisotopic (exact) mass is 227 g/mol. The van der Waals surface area contributed by atoms with Crippen LogP contribution in [0.2, 0.25) is 0 Å². The van der Waals surface area contributed by atoms with Crippen LogP contribution in [0.3, 0.4) is 0 Å². The molecule has 2 rings (SSSR count). The van der Waals surface area contributed by atoms with Crippen molar-refractivity contribution in [1.29, 1.82) is 0 Å². The second-order valence-corrected chi connectivity index (χ2v) is 4.39. The number of amides is 2. The Bertz CT molecular complexity index is 247. The van der Waals surface area contributed by atoms with Gasteiger partial charge in [0.05, 0.1) is 12.6 Å². The first-order valence-electron chi connectivity index (χ1n) is 6.17. The summed E-state index contributed by atoms with van der Waals surface area (Å²) in [6, 6.07) is 0.555. The first kappa shape index (κ1) is 11.7. The molecule has 1 unspecified atom stereocenters. The maximum Gasteiger partial charge on any atom is 0.320 e.